The standard InChI is InChI=1S/C23H20O12/c24-6-13-17(29)18(30)19(31)23(33-13)35-20-14-7(2-1-3-10(14)25)16(28)21-15(20)8-4-11(26)12(27)5-9(8)22(32)34-21/h1-5,13,17-19,23-24,26-32H,6H2/t13-,17-,18+,19-,23+/m1/s1. The Balaban J connectivity index is 1.88. The minimum Gasteiger partial charge on any atom is -0.504 e. The van der Waals surface area contributed by atoms with Crippen molar-refractivity contribution in [3.63, 3.8) is 0 Å². The van der Waals surface area contributed by atoms with E-state index in [1.165, 1.54) is 18.2 Å². The summed E-state index contributed by atoms with van der Waals surface area (Å²) in [7, 11) is 0. The summed E-state index contributed by atoms with van der Waals surface area (Å²) in [5.74, 6) is -2.78. The van der Waals surface area contributed by atoms with E-state index < -0.39 is 65.9 Å². The summed E-state index contributed by atoms with van der Waals surface area (Å²) < 4.78 is 16.6. The highest BCUT2D eigenvalue weighted by molar-refractivity contribution is 6.19. The Hall–Kier alpha value is -3.81. The lowest BCUT2D eigenvalue weighted by molar-refractivity contribution is -0.277. The largest absolute Gasteiger partial charge is 0.504 e. The number of fused-ring (bicyclic) bond motifs is 4. The lowest BCUT2D eigenvalue weighted by Gasteiger charge is -2.39. The zero-order valence-corrected chi connectivity index (χ0v) is 17.7. The third kappa shape index (κ3) is 3.38. The van der Waals surface area contributed by atoms with Crippen molar-refractivity contribution >= 4 is 32.5 Å². The van der Waals surface area contributed by atoms with Crippen molar-refractivity contribution in [2.24, 2.45) is 0 Å². The van der Waals surface area contributed by atoms with Gasteiger partial charge in [0, 0.05) is 10.8 Å². The predicted molar refractivity (Wildman–Crippen MR) is 119 cm³/mol. The van der Waals surface area contributed by atoms with Crippen molar-refractivity contribution in [3.8, 4) is 28.9 Å². The van der Waals surface area contributed by atoms with Crippen LogP contribution in [0.5, 0.6) is 28.9 Å². The Morgan fingerprint density at radius 3 is 2.23 bits per heavy atom. The van der Waals surface area contributed by atoms with Crippen LogP contribution in [0.15, 0.2) is 39.5 Å². The molecule has 184 valence electrons. The zero-order valence-electron chi connectivity index (χ0n) is 17.7. The molecule has 1 saturated heterocycles. The summed E-state index contributed by atoms with van der Waals surface area (Å²) in [6.45, 7) is -0.728. The molecule has 12 nitrogen and oxygen atoms in total. The van der Waals surface area contributed by atoms with Gasteiger partial charge in [0.25, 0.3) is 5.95 Å². The van der Waals surface area contributed by atoms with Crippen LogP contribution in [-0.4, -0.2) is 78.2 Å². The van der Waals surface area contributed by atoms with Crippen LogP contribution in [0.25, 0.3) is 32.5 Å². The van der Waals surface area contributed by atoms with E-state index in [-0.39, 0.29) is 38.3 Å². The van der Waals surface area contributed by atoms with E-state index in [1.54, 1.807) is 0 Å². The molecule has 5 rings (SSSR count). The Kier molecular flexibility index (Phi) is 5.34. The number of aliphatic hydroxyl groups excluding tert-OH is 4. The second-order valence-electron chi connectivity index (χ2n) is 8.17. The maximum Gasteiger partial charge on any atom is 0.290 e. The van der Waals surface area contributed by atoms with E-state index in [2.05, 4.69) is 0 Å². The van der Waals surface area contributed by atoms with Gasteiger partial charge >= 0.3 is 0 Å². The molecule has 12 heteroatoms. The fourth-order valence-electron chi connectivity index (χ4n) is 4.29. The fraction of sp³-hybridized carbons (Fsp3) is 0.261. The molecule has 3 aromatic carbocycles. The molecule has 0 saturated carbocycles. The molecule has 4 aromatic rings. The van der Waals surface area contributed by atoms with Gasteiger partial charge in [-0.3, -0.25) is 4.79 Å². The molecular weight excluding hydrogens is 468 g/mol. The first kappa shape index (κ1) is 23.0. The highest BCUT2D eigenvalue weighted by Gasteiger charge is 2.45. The van der Waals surface area contributed by atoms with Crippen LogP contribution >= 0.6 is 0 Å². The molecule has 35 heavy (non-hydrogen) atoms. The van der Waals surface area contributed by atoms with E-state index in [1.807, 2.05) is 0 Å². The van der Waals surface area contributed by atoms with Crippen LogP contribution in [0.3, 0.4) is 0 Å². The first-order valence-corrected chi connectivity index (χ1v) is 10.4. The van der Waals surface area contributed by atoms with E-state index in [9.17, 15) is 45.6 Å². The van der Waals surface area contributed by atoms with Crippen LogP contribution in [0.1, 0.15) is 0 Å². The van der Waals surface area contributed by atoms with Gasteiger partial charge in [0.2, 0.25) is 6.29 Å². The van der Waals surface area contributed by atoms with Crippen LogP contribution < -0.4 is 10.2 Å². The highest BCUT2D eigenvalue weighted by atomic mass is 16.7. The van der Waals surface area contributed by atoms with Gasteiger partial charge in [0.1, 0.15) is 30.2 Å². The van der Waals surface area contributed by atoms with Crippen molar-refractivity contribution in [1.82, 2.24) is 0 Å². The highest BCUT2D eigenvalue weighted by Crippen LogP contribution is 2.48. The van der Waals surface area contributed by atoms with E-state index in [0.29, 0.717) is 0 Å². The maximum absolute atomic E-state index is 12.9. The average molecular weight is 488 g/mol. The number of phenols is 3. The van der Waals surface area contributed by atoms with Crippen LogP contribution in [0.4, 0.5) is 0 Å². The lowest BCUT2D eigenvalue weighted by atomic mass is 9.98. The molecule has 0 spiro atoms. The molecule has 1 aromatic heterocycles. The summed E-state index contributed by atoms with van der Waals surface area (Å²) in [5.41, 5.74) is -0.985. The number of hydrogen-bond acceptors (Lipinski definition) is 12. The predicted octanol–water partition coefficient (Wildman–Crippen LogP) is 0.101. The van der Waals surface area contributed by atoms with Crippen molar-refractivity contribution in [2.45, 2.75) is 30.7 Å². The monoisotopic (exact) mass is 488 g/mol. The number of hydrogen-bond donors (Lipinski definition) is 8. The van der Waals surface area contributed by atoms with Crippen molar-refractivity contribution in [1.29, 1.82) is 0 Å². The molecule has 0 amide bonds. The molecule has 2 heterocycles. The summed E-state index contributed by atoms with van der Waals surface area (Å²) in [6, 6.07) is 5.94. The van der Waals surface area contributed by atoms with Crippen molar-refractivity contribution in [2.75, 3.05) is 6.61 Å². The Bertz CT molecular complexity index is 1530. The number of rotatable bonds is 3. The minimum atomic E-state index is -1.83. The molecule has 1 aliphatic rings. The quantitative estimate of drug-likeness (QED) is 0.110. The first-order valence-electron chi connectivity index (χ1n) is 10.4. The molecule has 1 aliphatic heterocycles. The fourth-order valence-corrected chi connectivity index (χ4v) is 4.29. The Morgan fingerprint density at radius 1 is 0.857 bits per heavy atom. The van der Waals surface area contributed by atoms with Gasteiger partial charge in [-0.05, 0) is 18.2 Å². The number of ether oxygens (including phenoxy) is 2. The first-order chi connectivity index (χ1) is 16.6. The lowest BCUT2D eigenvalue weighted by Crippen LogP contribution is -2.60. The second kappa shape index (κ2) is 8.15. The maximum atomic E-state index is 12.9. The second-order valence-corrected chi connectivity index (χ2v) is 8.17. The summed E-state index contributed by atoms with van der Waals surface area (Å²) >= 11 is 0. The van der Waals surface area contributed by atoms with E-state index >= 15 is 0 Å². The summed E-state index contributed by atoms with van der Waals surface area (Å²) in [6.07, 6.45) is -8.30. The smallest absolute Gasteiger partial charge is 0.290 e. The normalized spacial score (nSPS) is 24.9. The molecule has 0 unspecified atom stereocenters. The topological polar surface area (TPSA) is 211 Å². The molecule has 0 aliphatic carbocycles. The number of phenolic OH excluding ortho intramolecular Hbond substituents is 3. The van der Waals surface area contributed by atoms with Gasteiger partial charge < -0.3 is 54.7 Å². The van der Waals surface area contributed by atoms with Crippen LogP contribution in [0, 0.1) is 0 Å². The van der Waals surface area contributed by atoms with Crippen molar-refractivity contribution in [3.05, 3.63) is 40.6 Å². The van der Waals surface area contributed by atoms with Gasteiger partial charge in [-0.25, -0.2) is 0 Å². The number of benzene rings is 3. The average Bonchev–Trinajstić information content (AvgIpc) is 2.83. The Labute approximate surface area is 194 Å². The van der Waals surface area contributed by atoms with Gasteiger partial charge in [0.05, 0.1) is 22.8 Å². The minimum absolute atomic E-state index is 0.0147. The summed E-state index contributed by atoms with van der Waals surface area (Å²) in [5, 5.41) is 81.0. The summed E-state index contributed by atoms with van der Waals surface area (Å²) in [4.78, 5) is 12.9. The van der Waals surface area contributed by atoms with E-state index in [0.717, 1.165) is 12.1 Å². The third-order valence-electron chi connectivity index (χ3n) is 6.07. The molecule has 8 N–H and O–H groups in total. The number of aliphatic hydroxyl groups is 4. The van der Waals surface area contributed by atoms with Gasteiger partial charge in [0.15, 0.2) is 28.3 Å². The zero-order chi connectivity index (χ0) is 25.2. The molecule has 1 fully saturated rings. The number of aromatic hydroxyl groups is 4. The molecular formula is C23H20O12. The molecule has 0 radical (unpaired) electrons. The van der Waals surface area contributed by atoms with Crippen LogP contribution in [-0.2, 0) is 4.74 Å². The third-order valence-corrected chi connectivity index (χ3v) is 6.07. The van der Waals surface area contributed by atoms with Gasteiger partial charge in [-0.1, -0.05) is 12.1 Å². The molecule has 5 atom stereocenters. The van der Waals surface area contributed by atoms with Gasteiger partial charge in [-0.2, -0.15) is 0 Å². The Morgan fingerprint density at radius 2 is 1.54 bits per heavy atom. The SMILES string of the molecule is O=c1cccc2c(O)c3oc(O)c4cc(O)c(O)cc4c3c(O[C@@H]3O[C@H](CO)[C@@H](O)[C@H](O)[C@H]3O)c12. The van der Waals surface area contributed by atoms with Crippen molar-refractivity contribution < 1.29 is 54.7 Å². The molecule has 0 bridgehead atoms. The van der Waals surface area contributed by atoms with Crippen LogP contribution in [0.2, 0.25) is 0 Å². The van der Waals surface area contributed by atoms with Gasteiger partial charge in [-0.15, -0.1) is 0 Å². The van der Waals surface area contributed by atoms with E-state index in [4.69, 9.17) is 13.9 Å².